The van der Waals surface area contributed by atoms with E-state index in [2.05, 4.69) is 9.80 Å². The summed E-state index contributed by atoms with van der Waals surface area (Å²) in [6.07, 6.45) is 10.9. The van der Waals surface area contributed by atoms with E-state index in [0.29, 0.717) is 31.3 Å². The van der Waals surface area contributed by atoms with Gasteiger partial charge in [0.05, 0.1) is 0 Å². The largest absolute Gasteiger partial charge is 0.339 e. The molecule has 7 rings (SSSR count). The summed E-state index contributed by atoms with van der Waals surface area (Å²) >= 11 is 0. The SMILES string of the molecule is O=C1CC[C@@H]2CN(C3C4CC5CC(C4)CC3C5)CC[C@@H]2N1CCc1ccccc1F. The van der Waals surface area contributed by atoms with E-state index in [-0.39, 0.29) is 11.7 Å². The van der Waals surface area contributed by atoms with Crippen LogP contribution in [0.2, 0.25) is 0 Å². The number of nitrogens with zero attached hydrogens (tertiary/aromatic N) is 2. The normalized spacial score (nSPS) is 40.6. The third kappa shape index (κ3) is 3.30. The van der Waals surface area contributed by atoms with Gasteiger partial charge < -0.3 is 4.90 Å². The van der Waals surface area contributed by atoms with Gasteiger partial charge >= 0.3 is 0 Å². The zero-order valence-electron chi connectivity index (χ0n) is 18.0. The standard InChI is InChI=1S/C26H35FN2O/c27-23-4-2-1-3-19(23)7-10-29-24-8-9-28(16-20(24)5-6-25(29)30)26-21-12-17-11-18(14-21)15-22(26)13-17/h1-4,17-18,20-22,24,26H,5-16H2/t17?,18?,20-,21?,22?,24+,26?/m1/s1. The Morgan fingerprint density at radius 3 is 2.40 bits per heavy atom. The fourth-order valence-corrected chi connectivity index (χ4v) is 8.38. The van der Waals surface area contributed by atoms with E-state index in [0.717, 1.165) is 54.7 Å². The van der Waals surface area contributed by atoms with E-state index in [1.54, 1.807) is 6.07 Å². The van der Waals surface area contributed by atoms with Crippen molar-refractivity contribution in [1.82, 2.24) is 9.80 Å². The molecule has 6 aliphatic rings. The smallest absolute Gasteiger partial charge is 0.222 e. The molecule has 162 valence electrons. The molecule has 2 saturated heterocycles. The minimum absolute atomic E-state index is 0.143. The predicted octanol–water partition coefficient (Wildman–Crippen LogP) is 4.51. The highest BCUT2D eigenvalue weighted by atomic mass is 19.1. The lowest BCUT2D eigenvalue weighted by molar-refractivity contribution is -0.144. The Balaban J connectivity index is 1.13. The quantitative estimate of drug-likeness (QED) is 0.729. The van der Waals surface area contributed by atoms with Crippen LogP contribution in [0.4, 0.5) is 4.39 Å². The molecule has 1 amide bonds. The van der Waals surface area contributed by atoms with E-state index in [1.165, 1.54) is 44.7 Å². The van der Waals surface area contributed by atoms with Crippen molar-refractivity contribution in [1.29, 1.82) is 0 Å². The van der Waals surface area contributed by atoms with Gasteiger partial charge in [-0.2, -0.15) is 0 Å². The van der Waals surface area contributed by atoms with Crippen LogP contribution in [0.1, 0.15) is 56.9 Å². The molecule has 2 heterocycles. The molecule has 3 nitrogen and oxygen atoms in total. The number of carbonyl (C=O) groups excluding carboxylic acids is 1. The summed E-state index contributed by atoms with van der Waals surface area (Å²) in [6, 6.07) is 8.20. The number of rotatable bonds is 4. The molecule has 6 fully saturated rings. The molecule has 2 aliphatic heterocycles. The predicted molar refractivity (Wildman–Crippen MR) is 115 cm³/mol. The van der Waals surface area contributed by atoms with Crippen LogP contribution >= 0.6 is 0 Å². The van der Waals surface area contributed by atoms with Crippen LogP contribution in [0.25, 0.3) is 0 Å². The minimum Gasteiger partial charge on any atom is -0.339 e. The summed E-state index contributed by atoms with van der Waals surface area (Å²) in [7, 11) is 0. The lowest BCUT2D eigenvalue weighted by atomic mass is 9.53. The van der Waals surface area contributed by atoms with E-state index in [9.17, 15) is 9.18 Å². The Bertz CT molecular complexity index is 782. The molecule has 4 heteroatoms. The Labute approximate surface area is 180 Å². The highest BCUT2D eigenvalue weighted by molar-refractivity contribution is 5.77. The lowest BCUT2D eigenvalue weighted by Crippen LogP contribution is -2.62. The summed E-state index contributed by atoms with van der Waals surface area (Å²) in [5.74, 6) is 4.70. The molecule has 0 radical (unpaired) electrons. The third-order valence-corrected chi connectivity index (χ3v) is 9.35. The van der Waals surface area contributed by atoms with Crippen molar-refractivity contribution >= 4 is 5.91 Å². The maximum atomic E-state index is 14.1. The fraction of sp³-hybridized carbons (Fsp3) is 0.731. The van der Waals surface area contributed by atoms with E-state index in [4.69, 9.17) is 0 Å². The topological polar surface area (TPSA) is 23.6 Å². The zero-order chi connectivity index (χ0) is 20.2. The van der Waals surface area contributed by atoms with Gasteiger partial charge in [0.1, 0.15) is 5.82 Å². The monoisotopic (exact) mass is 410 g/mol. The van der Waals surface area contributed by atoms with Crippen LogP contribution in [0.3, 0.4) is 0 Å². The maximum Gasteiger partial charge on any atom is 0.222 e. The summed E-state index contributed by atoms with van der Waals surface area (Å²) in [4.78, 5) is 17.7. The molecule has 30 heavy (non-hydrogen) atoms. The van der Waals surface area contributed by atoms with Gasteiger partial charge in [0.2, 0.25) is 5.91 Å². The number of carbonyl (C=O) groups is 1. The van der Waals surface area contributed by atoms with Gasteiger partial charge in [-0.1, -0.05) is 18.2 Å². The van der Waals surface area contributed by atoms with Crippen molar-refractivity contribution in [2.75, 3.05) is 19.6 Å². The highest BCUT2D eigenvalue weighted by Gasteiger charge is 2.51. The number of fused-ring (bicyclic) bond motifs is 1. The molecule has 2 atom stereocenters. The Kier molecular flexibility index (Phi) is 4.89. The second kappa shape index (κ2) is 7.62. The van der Waals surface area contributed by atoms with Crippen molar-refractivity contribution in [2.45, 2.75) is 69.9 Å². The average Bonchev–Trinajstić information content (AvgIpc) is 2.73. The summed E-state index contributed by atoms with van der Waals surface area (Å²) < 4.78 is 14.1. The van der Waals surface area contributed by atoms with Crippen LogP contribution in [-0.2, 0) is 11.2 Å². The summed E-state index contributed by atoms with van der Waals surface area (Å²) in [5.41, 5.74) is 0.735. The van der Waals surface area contributed by atoms with Gasteiger partial charge in [-0.05, 0) is 92.6 Å². The molecule has 1 aromatic carbocycles. The lowest BCUT2D eigenvalue weighted by Gasteiger charge is -2.59. The first-order valence-corrected chi connectivity index (χ1v) is 12.4. The van der Waals surface area contributed by atoms with Gasteiger partial charge in [0.25, 0.3) is 0 Å². The van der Waals surface area contributed by atoms with Gasteiger partial charge in [0, 0.05) is 38.1 Å². The molecule has 0 aromatic heterocycles. The molecule has 4 aliphatic carbocycles. The minimum atomic E-state index is -0.143. The number of hydrogen-bond acceptors (Lipinski definition) is 2. The Hall–Kier alpha value is -1.42. The van der Waals surface area contributed by atoms with E-state index < -0.39 is 0 Å². The first kappa shape index (κ1) is 19.3. The van der Waals surface area contributed by atoms with Gasteiger partial charge in [-0.3, -0.25) is 9.69 Å². The van der Waals surface area contributed by atoms with Crippen molar-refractivity contribution in [3.8, 4) is 0 Å². The Morgan fingerprint density at radius 2 is 1.67 bits per heavy atom. The Morgan fingerprint density at radius 1 is 0.933 bits per heavy atom. The van der Waals surface area contributed by atoms with E-state index in [1.807, 2.05) is 12.1 Å². The van der Waals surface area contributed by atoms with Crippen LogP contribution in [0.15, 0.2) is 24.3 Å². The summed E-state index contributed by atoms with van der Waals surface area (Å²) in [5, 5.41) is 0. The second-order valence-electron chi connectivity index (χ2n) is 11.0. The molecule has 4 saturated carbocycles. The number of halogens is 1. The fourth-order valence-electron chi connectivity index (χ4n) is 8.38. The molecular formula is C26H35FN2O. The van der Waals surface area contributed by atoms with Crippen LogP contribution in [0.5, 0.6) is 0 Å². The van der Waals surface area contributed by atoms with Gasteiger partial charge in [-0.25, -0.2) is 4.39 Å². The molecule has 1 aromatic rings. The molecule has 0 unspecified atom stereocenters. The van der Waals surface area contributed by atoms with Gasteiger partial charge in [0.15, 0.2) is 0 Å². The van der Waals surface area contributed by atoms with Crippen molar-refractivity contribution in [2.24, 2.45) is 29.6 Å². The molecular weight excluding hydrogens is 375 g/mol. The third-order valence-electron chi connectivity index (χ3n) is 9.35. The molecule has 4 bridgehead atoms. The number of piperidine rings is 2. The van der Waals surface area contributed by atoms with Crippen LogP contribution < -0.4 is 0 Å². The summed E-state index contributed by atoms with van der Waals surface area (Å²) in [6.45, 7) is 3.00. The van der Waals surface area contributed by atoms with Crippen LogP contribution in [-0.4, -0.2) is 47.4 Å². The van der Waals surface area contributed by atoms with Crippen molar-refractivity contribution < 1.29 is 9.18 Å². The number of benzene rings is 1. The number of amides is 1. The highest BCUT2D eigenvalue weighted by Crippen LogP contribution is 2.55. The first-order valence-electron chi connectivity index (χ1n) is 12.4. The first-order chi connectivity index (χ1) is 14.7. The molecule has 0 spiro atoms. The number of likely N-dealkylation sites (tertiary alicyclic amines) is 2. The van der Waals surface area contributed by atoms with Gasteiger partial charge in [-0.15, -0.1) is 0 Å². The second-order valence-corrected chi connectivity index (χ2v) is 11.0. The number of hydrogen-bond donors (Lipinski definition) is 0. The van der Waals surface area contributed by atoms with Crippen LogP contribution in [0, 0.1) is 35.4 Å². The molecule has 0 N–H and O–H groups in total. The van der Waals surface area contributed by atoms with Crippen molar-refractivity contribution in [3.05, 3.63) is 35.6 Å². The maximum absolute atomic E-state index is 14.1. The average molecular weight is 411 g/mol. The van der Waals surface area contributed by atoms with E-state index >= 15 is 0 Å². The van der Waals surface area contributed by atoms with Crippen molar-refractivity contribution in [3.63, 3.8) is 0 Å². The zero-order valence-corrected chi connectivity index (χ0v) is 18.0.